The van der Waals surface area contributed by atoms with Gasteiger partial charge in [0.05, 0.1) is 17.2 Å². The van der Waals surface area contributed by atoms with Crippen LogP contribution < -0.4 is 5.32 Å². The average molecular weight is 297 g/mol. The van der Waals surface area contributed by atoms with Crippen molar-refractivity contribution in [2.45, 2.75) is 19.0 Å². The van der Waals surface area contributed by atoms with Gasteiger partial charge in [-0.3, -0.25) is 0 Å². The highest BCUT2D eigenvalue weighted by Crippen LogP contribution is 2.33. The summed E-state index contributed by atoms with van der Waals surface area (Å²) in [6.07, 6.45) is -2.24. The Hall–Kier alpha value is -1.74. The number of halogens is 3. The maximum atomic E-state index is 12.7. The second-order valence-electron chi connectivity index (χ2n) is 5.52. The third-order valence-electron chi connectivity index (χ3n) is 3.76. The third-order valence-corrected chi connectivity index (χ3v) is 3.76. The fourth-order valence-corrected chi connectivity index (χ4v) is 2.70. The molecule has 1 aliphatic rings. The van der Waals surface area contributed by atoms with Crippen molar-refractivity contribution in [2.75, 3.05) is 32.0 Å². The SMILES string of the molecule is CN1CCCC(CNc2ccc(C(F)(F)F)c(C#N)c2)C1. The van der Waals surface area contributed by atoms with E-state index >= 15 is 0 Å². The van der Waals surface area contributed by atoms with E-state index in [1.165, 1.54) is 12.1 Å². The summed E-state index contributed by atoms with van der Waals surface area (Å²) >= 11 is 0. The van der Waals surface area contributed by atoms with E-state index in [-0.39, 0.29) is 5.56 Å². The van der Waals surface area contributed by atoms with Gasteiger partial charge in [-0.05, 0) is 50.6 Å². The topological polar surface area (TPSA) is 39.1 Å². The summed E-state index contributed by atoms with van der Waals surface area (Å²) in [6.45, 7) is 2.79. The molecule has 0 aromatic heterocycles. The largest absolute Gasteiger partial charge is 0.417 e. The van der Waals surface area contributed by atoms with E-state index in [1.807, 2.05) is 0 Å². The lowest BCUT2D eigenvalue weighted by Crippen LogP contribution is -2.35. The van der Waals surface area contributed by atoms with Crippen molar-refractivity contribution in [3.8, 4) is 6.07 Å². The first-order valence-corrected chi connectivity index (χ1v) is 6.94. The monoisotopic (exact) mass is 297 g/mol. The van der Waals surface area contributed by atoms with Gasteiger partial charge in [0.2, 0.25) is 0 Å². The summed E-state index contributed by atoms with van der Waals surface area (Å²) in [6, 6.07) is 5.24. The lowest BCUT2D eigenvalue weighted by molar-refractivity contribution is -0.137. The number of anilines is 1. The van der Waals surface area contributed by atoms with Crippen LogP contribution >= 0.6 is 0 Å². The van der Waals surface area contributed by atoms with Gasteiger partial charge in [-0.1, -0.05) is 0 Å². The van der Waals surface area contributed by atoms with Crippen molar-refractivity contribution < 1.29 is 13.2 Å². The Morgan fingerprint density at radius 3 is 2.81 bits per heavy atom. The highest BCUT2D eigenvalue weighted by atomic mass is 19.4. The number of nitrogens with one attached hydrogen (secondary N) is 1. The Morgan fingerprint density at radius 2 is 2.19 bits per heavy atom. The second-order valence-corrected chi connectivity index (χ2v) is 5.52. The summed E-state index contributed by atoms with van der Waals surface area (Å²) in [7, 11) is 2.07. The van der Waals surface area contributed by atoms with Crippen LogP contribution in [0.5, 0.6) is 0 Å². The van der Waals surface area contributed by atoms with Gasteiger partial charge in [-0.25, -0.2) is 0 Å². The summed E-state index contributed by atoms with van der Waals surface area (Å²) < 4.78 is 38.1. The molecular weight excluding hydrogens is 279 g/mol. The van der Waals surface area contributed by atoms with Crippen LogP contribution in [-0.4, -0.2) is 31.6 Å². The predicted molar refractivity (Wildman–Crippen MR) is 74.9 cm³/mol. The Kier molecular flexibility index (Phi) is 4.73. The van der Waals surface area contributed by atoms with Crippen LogP contribution in [0, 0.1) is 17.2 Å². The molecule has 0 saturated carbocycles. The molecule has 0 amide bonds. The van der Waals surface area contributed by atoms with Gasteiger partial charge in [0.1, 0.15) is 0 Å². The van der Waals surface area contributed by atoms with Crippen LogP contribution in [0.25, 0.3) is 0 Å². The summed E-state index contributed by atoms with van der Waals surface area (Å²) in [5, 5.41) is 12.0. The van der Waals surface area contributed by atoms with Crippen molar-refractivity contribution >= 4 is 5.69 Å². The normalized spacial score (nSPS) is 20.0. The van der Waals surface area contributed by atoms with E-state index in [0.717, 1.165) is 32.0 Å². The highest BCUT2D eigenvalue weighted by Gasteiger charge is 2.33. The standard InChI is InChI=1S/C15H18F3N3/c1-21-6-2-3-11(10-21)9-20-13-4-5-14(15(16,17)18)12(7-13)8-19/h4-5,7,11,20H,2-3,6,9-10H2,1H3. The van der Waals surface area contributed by atoms with Gasteiger partial charge in [0, 0.05) is 18.8 Å². The van der Waals surface area contributed by atoms with E-state index in [4.69, 9.17) is 5.26 Å². The number of hydrogen-bond acceptors (Lipinski definition) is 3. The molecule has 2 rings (SSSR count). The van der Waals surface area contributed by atoms with Crippen LogP contribution in [0.3, 0.4) is 0 Å². The van der Waals surface area contributed by atoms with Gasteiger partial charge in [-0.15, -0.1) is 0 Å². The minimum atomic E-state index is -4.49. The minimum Gasteiger partial charge on any atom is -0.385 e. The van der Waals surface area contributed by atoms with Crippen LogP contribution in [0.1, 0.15) is 24.0 Å². The van der Waals surface area contributed by atoms with E-state index < -0.39 is 11.7 Å². The van der Waals surface area contributed by atoms with Crippen LogP contribution in [0.15, 0.2) is 18.2 Å². The Bertz CT molecular complexity index is 534. The summed E-state index contributed by atoms with van der Waals surface area (Å²) in [4.78, 5) is 2.25. The van der Waals surface area contributed by atoms with Gasteiger partial charge >= 0.3 is 6.18 Å². The molecule has 21 heavy (non-hydrogen) atoms. The number of hydrogen-bond donors (Lipinski definition) is 1. The van der Waals surface area contributed by atoms with Crippen molar-refractivity contribution in [2.24, 2.45) is 5.92 Å². The van der Waals surface area contributed by atoms with Gasteiger partial charge < -0.3 is 10.2 Å². The summed E-state index contributed by atoms with van der Waals surface area (Å²) in [5.74, 6) is 0.483. The number of alkyl halides is 3. The van der Waals surface area contributed by atoms with Crippen LogP contribution in [0.4, 0.5) is 18.9 Å². The summed E-state index contributed by atoms with van der Waals surface area (Å²) in [5.41, 5.74) is -0.658. The smallest absolute Gasteiger partial charge is 0.385 e. The molecule has 0 radical (unpaired) electrons. The molecule has 6 heteroatoms. The number of nitriles is 1. The van der Waals surface area contributed by atoms with E-state index in [0.29, 0.717) is 18.2 Å². The van der Waals surface area contributed by atoms with Crippen LogP contribution in [-0.2, 0) is 6.18 Å². The van der Waals surface area contributed by atoms with E-state index in [2.05, 4.69) is 17.3 Å². The van der Waals surface area contributed by atoms with Crippen molar-refractivity contribution in [3.05, 3.63) is 29.3 Å². The van der Waals surface area contributed by atoms with E-state index in [1.54, 1.807) is 6.07 Å². The number of rotatable bonds is 3. The van der Waals surface area contributed by atoms with Gasteiger partial charge in [0.15, 0.2) is 0 Å². The molecule has 1 aromatic rings. The zero-order valence-corrected chi connectivity index (χ0v) is 11.9. The van der Waals surface area contributed by atoms with E-state index in [9.17, 15) is 13.2 Å². The molecule has 1 N–H and O–H groups in total. The van der Waals surface area contributed by atoms with Gasteiger partial charge in [-0.2, -0.15) is 18.4 Å². The molecule has 114 valence electrons. The molecule has 1 saturated heterocycles. The first-order valence-electron chi connectivity index (χ1n) is 6.94. The molecule has 0 bridgehead atoms. The molecule has 1 aromatic carbocycles. The number of benzene rings is 1. The Labute approximate surface area is 122 Å². The maximum Gasteiger partial charge on any atom is 0.417 e. The van der Waals surface area contributed by atoms with Crippen molar-refractivity contribution in [1.82, 2.24) is 4.90 Å². The predicted octanol–water partition coefficient (Wildman–Crippen LogP) is 3.33. The fourth-order valence-electron chi connectivity index (χ4n) is 2.70. The van der Waals surface area contributed by atoms with Crippen LogP contribution in [0.2, 0.25) is 0 Å². The molecule has 1 aliphatic heterocycles. The van der Waals surface area contributed by atoms with Gasteiger partial charge in [0.25, 0.3) is 0 Å². The maximum absolute atomic E-state index is 12.7. The molecule has 1 unspecified atom stereocenters. The van der Waals surface area contributed by atoms with Crippen molar-refractivity contribution in [3.63, 3.8) is 0 Å². The molecule has 3 nitrogen and oxygen atoms in total. The molecule has 1 fully saturated rings. The average Bonchev–Trinajstić information content (AvgIpc) is 2.44. The molecule has 0 spiro atoms. The number of piperidine rings is 1. The quantitative estimate of drug-likeness (QED) is 0.930. The second kappa shape index (κ2) is 6.35. The Morgan fingerprint density at radius 1 is 1.43 bits per heavy atom. The lowest BCUT2D eigenvalue weighted by Gasteiger charge is -2.30. The zero-order valence-electron chi connectivity index (χ0n) is 11.9. The first kappa shape index (κ1) is 15.6. The van der Waals surface area contributed by atoms with Crippen molar-refractivity contribution in [1.29, 1.82) is 5.26 Å². The Balaban J connectivity index is 2.03. The third kappa shape index (κ3) is 4.11. The molecule has 0 aliphatic carbocycles. The molecular formula is C15H18F3N3. The minimum absolute atomic E-state index is 0.340. The number of nitrogens with zero attached hydrogens (tertiary/aromatic N) is 2. The first-order chi connectivity index (χ1) is 9.90. The number of likely N-dealkylation sites (tertiary alicyclic amines) is 1. The molecule has 1 atom stereocenters. The molecule has 1 heterocycles. The zero-order chi connectivity index (χ0) is 15.5. The highest BCUT2D eigenvalue weighted by molar-refractivity contribution is 5.53. The lowest BCUT2D eigenvalue weighted by atomic mass is 9.98. The fraction of sp³-hybridized carbons (Fsp3) is 0.533.